The summed E-state index contributed by atoms with van der Waals surface area (Å²) in [5, 5.41) is 9.32. The van der Waals surface area contributed by atoms with E-state index in [2.05, 4.69) is 31.2 Å². The van der Waals surface area contributed by atoms with Crippen molar-refractivity contribution in [1.29, 1.82) is 0 Å². The maximum Gasteiger partial charge on any atom is 0.407 e. The molecule has 1 amide bonds. The number of ether oxygens (including phenoxy) is 1. The Hall–Kier alpha value is -1.71. The molecule has 24 heavy (non-hydrogen) atoms. The number of piperidine rings is 1. The molecule has 1 aromatic rings. The highest BCUT2D eigenvalue weighted by atomic mass is 16.5. The van der Waals surface area contributed by atoms with Crippen LogP contribution in [0.4, 0.5) is 4.79 Å². The fraction of sp³-hybridized carbons (Fsp3) is 0.650. The van der Waals surface area contributed by atoms with Gasteiger partial charge in [-0.3, -0.25) is 0 Å². The van der Waals surface area contributed by atoms with E-state index >= 15 is 0 Å². The maximum atomic E-state index is 11.3. The number of hydrogen-bond acceptors (Lipinski definition) is 2. The second kappa shape index (κ2) is 7.91. The van der Waals surface area contributed by atoms with E-state index in [4.69, 9.17) is 4.74 Å². The summed E-state index contributed by atoms with van der Waals surface area (Å²) >= 11 is 0. The van der Waals surface area contributed by atoms with Crippen LogP contribution in [-0.4, -0.2) is 34.3 Å². The van der Waals surface area contributed by atoms with Gasteiger partial charge in [-0.1, -0.05) is 38.3 Å². The van der Waals surface area contributed by atoms with Crippen LogP contribution in [0.25, 0.3) is 0 Å². The van der Waals surface area contributed by atoms with Crippen molar-refractivity contribution >= 4 is 6.09 Å². The van der Waals surface area contributed by atoms with E-state index in [0.717, 1.165) is 37.9 Å². The predicted octanol–water partition coefficient (Wildman–Crippen LogP) is 4.86. The molecule has 4 nitrogen and oxygen atoms in total. The fourth-order valence-electron chi connectivity index (χ4n) is 4.22. The number of carboxylic acid groups (broad SMARTS) is 1. The van der Waals surface area contributed by atoms with E-state index in [0.29, 0.717) is 0 Å². The summed E-state index contributed by atoms with van der Waals surface area (Å²) in [4.78, 5) is 13.0. The standard InChI is InChI=1S/C20H29NO3/c1-2-3-4-5-6-15-7-11-18(12-8-15)24-19-13-16-9-10-17(14-19)21(16)20(22)23/h7-8,11-12,16-17,19H,2-6,9-10,13-14H2,1H3,(H,22,23)/t16-,17+,19-. The third-order valence-electron chi connectivity index (χ3n) is 5.46. The molecule has 2 saturated heterocycles. The molecule has 0 spiro atoms. The monoisotopic (exact) mass is 331 g/mol. The molecular formula is C20H29NO3. The Balaban J connectivity index is 1.49. The number of unbranched alkanes of at least 4 members (excludes halogenated alkanes) is 3. The Morgan fingerprint density at radius 3 is 2.38 bits per heavy atom. The molecule has 4 heteroatoms. The number of rotatable bonds is 7. The SMILES string of the molecule is CCCCCCc1ccc(O[C@@H]2C[C@H]3CC[C@@H](C2)N3C(=O)O)cc1. The summed E-state index contributed by atoms with van der Waals surface area (Å²) in [5.41, 5.74) is 1.37. The molecule has 1 N–H and O–H groups in total. The Bertz CT molecular complexity index is 528. The van der Waals surface area contributed by atoms with Gasteiger partial charge in [0, 0.05) is 24.9 Å². The zero-order valence-electron chi connectivity index (χ0n) is 14.6. The van der Waals surface area contributed by atoms with Crippen LogP contribution in [-0.2, 0) is 6.42 Å². The molecule has 0 aromatic heterocycles. The first-order valence-corrected chi connectivity index (χ1v) is 9.44. The first-order valence-electron chi connectivity index (χ1n) is 9.44. The summed E-state index contributed by atoms with van der Waals surface area (Å²) in [6.45, 7) is 2.24. The third-order valence-corrected chi connectivity index (χ3v) is 5.46. The molecule has 3 rings (SSSR count). The molecule has 2 aliphatic heterocycles. The van der Waals surface area contributed by atoms with Gasteiger partial charge in [0.05, 0.1) is 0 Å². The van der Waals surface area contributed by atoms with Crippen LogP contribution in [0.2, 0.25) is 0 Å². The average Bonchev–Trinajstić information content (AvgIpc) is 2.85. The quantitative estimate of drug-likeness (QED) is 0.726. The Kier molecular flexibility index (Phi) is 5.64. The highest BCUT2D eigenvalue weighted by molar-refractivity contribution is 5.66. The molecule has 2 fully saturated rings. The lowest BCUT2D eigenvalue weighted by atomic mass is 10.00. The van der Waals surface area contributed by atoms with Crippen LogP contribution in [0.5, 0.6) is 5.75 Å². The fourth-order valence-corrected chi connectivity index (χ4v) is 4.22. The first kappa shape index (κ1) is 17.1. The van der Waals surface area contributed by atoms with Gasteiger partial charge < -0.3 is 14.7 Å². The largest absolute Gasteiger partial charge is 0.490 e. The minimum absolute atomic E-state index is 0.143. The van der Waals surface area contributed by atoms with Crippen LogP contribution in [0, 0.1) is 0 Å². The molecule has 2 aliphatic rings. The number of hydrogen-bond donors (Lipinski definition) is 1. The molecule has 2 heterocycles. The molecule has 0 aliphatic carbocycles. The van der Waals surface area contributed by atoms with Gasteiger partial charge in [-0.05, 0) is 43.4 Å². The van der Waals surface area contributed by atoms with Crippen LogP contribution in [0.15, 0.2) is 24.3 Å². The molecule has 0 unspecified atom stereocenters. The number of amides is 1. The molecule has 3 atom stereocenters. The second-order valence-electron chi connectivity index (χ2n) is 7.24. The molecular weight excluding hydrogens is 302 g/mol. The summed E-state index contributed by atoms with van der Waals surface area (Å²) in [5.74, 6) is 0.917. The van der Waals surface area contributed by atoms with E-state index in [1.165, 1.54) is 31.2 Å². The lowest BCUT2D eigenvalue weighted by Gasteiger charge is -2.37. The minimum atomic E-state index is -0.770. The molecule has 0 saturated carbocycles. The van der Waals surface area contributed by atoms with Crippen molar-refractivity contribution in [2.45, 2.75) is 82.9 Å². The van der Waals surface area contributed by atoms with Gasteiger partial charge in [-0.2, -0.15) is 0 Å². The van der Waals surface area contributed by atoms with Gasteiger partial charge >= 0.3 is 6.09 Å². The molecule has 132 valence electrons. The average molecular weight is 331 g/mol. The van der Waals surface area contributed by atoms with Crippen molar-refractivity contribution in [2.75, 3.05) is 0 Å². The highest BCUT2D eigenvalue weighted by Gasteiger charge is 2.44. The Morgan fingerprint density at radius 1 is 1.12 bits per heavy atom. The summed E-state index contributed by atoms with van der Waals surface area (Å²) < 4.78 is 6.14. The minimum Gasteiger partial charge on any atom is -0.490 e. The van der Waals surface area contributed by atoms with E-state index in [1.54, 1.807) is 4.90 Å². The topological polar surface area (TPSA) is 49.8 Å². The summed E-state index contributed by atoms with van der Waals surface area (Å²) in [6.07, 6.45) is 9.27. The number of nitrogens with zero attached hydrogens (tertiary/aromatic N) is 1. The Morgan fingerprint density at radius 2 is 1.79 bits per heavy atom. The predicted molar refractivity (Wildman–Crippen MR) is 94.6 cm³/mol. The van der Waals surface area contributed by atoms with Gasteiger partial charge in [-0.15, -0.1) is 0 Å². The Labute approximate surface area is 144 Å². The maximum absolute atomic E-state index is 11.3. The van der Waals surface area contributed by atoms with E-state index in [1.807, 2.05) is 0 Å². The smallest absolute Gasteiger partial charge is 0.407 e. The number of aryl methyl sites for hydroxylation is 1. The number of benzene rings is 1. The van der Waals surface area contributed by atoms with Crippen molar-refractivity contribution in [3.63, 3.8) is 0 Å². The zero-order valence-corrected chi connectivity index (χ0v) is 14.6. The van der Waals surface area contributed by atoms with Crippen LogP contribution < -0.4 is 4.74 Å². The highest BCUT2D eigenvalue weighted by Crippen LogP contribution is 2.37. The van der Waals surface area contributed by atoms with Crippen molar-refractivity contribution < 1.29 is 14.6 Å². The van der Waals surface area contributed by atoms with Gasteiger partial charge in [-0.25, -0.2) is 4.79 Å². The van der Waals surface area contributed by atoms with Crippen LogP contribution in [0.3, 0.4) is 0 Å². The van der Waals surface area contributed by atoms with E-state index in [9.17, 15) is 9.90 Å². The third kappa shape index (κ3) is 4.03. The normalized spacial score (nSPS) is 25.7. The number of fused-ring (bicyclic) bond motifs is 2. The van der Waals surface area contributed by atoms with Gasteiger partial charge in [0.15, 0.2) is 0 Å². The second-order valence-corrected chi connectivity index (χ2v) is 7.24. The molecule has 2 bridgehead atoms. The number of carbonyl (C=O) groups is 1. The molecule has 0 radical (unpaired) electrons. The van der Waals surface area contributed by atoms with Crippen LogP contribution in [0.1, 0.15) is 63.9 Å². The molecule has 1 aromatic carbocycles. The first-order chi connectivity index (χ1) is 11.7. The van der Waals surface area contributed by atoms with Gasteiger partial charge in [0.25, 0.3) is 0 Å². The van der Waals surface area contributed by atoms with Crippen molar-refractivity contribution in [1.82, 2.24) is 4.90 Å². The van der Waals surface area contributed by atoms with Crippen molar-refractivity contribution in [3.8, 4) is 5.75 Å². The lowest BCUT2D eigenvalue weighted by molar-refractivity contribution is 0.0496. The van der Waals surface area contributed by atoms with E-state index < -0.39 is 6.09 Å². The van der Waals surface area contributed by atoms with E-state index in [-0.39, 0.29) is 18.2 Å². The summed E-state index contributed by atoms with van der Waals surface area (Å²) in [7, 11) is 0. The van der Waals surface area contributed by atoms with Crippen molar-refractivity contribution in [2.24, 2.45) is 0 Å². The van der Waals surface area contributed by atoms with Gasteiger partial charge in [0.1, 0.15) is 11.9 Å². The summed E-state index contributed by atoms with van der Waals surface area (Å²) in [6, 6.07) is 8.76. The van der Waals surface area contributed by atoms with Crippen molar-refractivity contribution in [3.05, 3.63) is 29.8 Å². The van der Waals surface area contributed by atoms with Crippen LogP contribution >= 0.6 is 0 Å². The lowest BCUT2D eigenvalue weighted by Crippen LogP contribution is -2.48. The van der Waals surface area contributed by atoms with Gasteiger partial charge in [0.2, 0.25) is 0 Å². The zero-order chi connectivity index (χ0) is 16.9.